The van der Waals surface area contributed by atoms with Crippen LogP contribution in [0.3, 0.4) is 0 Å². The molecule has 0 radical (unpaired) electrons. The van der Waals surface area contributed by atoms with E-state index in [1.807, 2.05) is 0 Å². The maximum atomic E-state index is 13.2. The van der Waals surface area contributed by atoms with Gasteiger partial charge in [0.15, 0.2) is 11.6 Å². The second-order valence-electron chi connectivity index (χ2n) is 5.74. The SMILES string of the molecule is CC(C)(C)OC(=O)NCC(N)Cc1cc(F)cc(F)c1O. The molecule has 7 heteroatoms. The van der Waals surface area contributed by atoms with E-state index in [1.54, 1.807) is 20.8 Å². The van der Waals surface area contributed by atoms with Crippen molar-refractivity contribution >= 4 is 6.09 Å². The highest BCUT2D eigenvalue weighted by Crippen LogP contribution is 2.23. The van der Waals surface area contributed by atoms with Gasteiger partial charge in [0.1, 0.15) is 11.4 Å². The highest BCUT2D eigenvalue weighted by Gasteiger charge is 2.18. The molecule has 1 rings (SSSR count). The summed E-state index contributed by atoms with van der Waals surface area (Å²) in [4.78, 5) is 11.4. The van der Waals surface area contributed by atoms with Crippen molar-refractivity contribution in [2.45, 2.75) is 38.8 Å². The molecule has 118 valence electrons. The van der Waals surface area contributed by atoms with Crippen LogP contribution in [0, 0.1) is 11.6 Å². The summed E-state index contributed by atoms with van der Waals surface area (Å²) in [5, 5.41) is 11.9. The van der Waals surface area contributed by atoms with E-state index in [-0.39, 0.29) is 18.5 Å². The number of alkyl carbamates (subject to hydrolysis) is 1. The molecule has 0 aliphatic heterocycles. The van der Waals surface area contributed by atoms with Crippen molar-refractivity contribution in [1.82, 2.24) is 5.32 Å². The highest BCUT2D eigenvalue weighted by molar-refractivity contribution is 5.67. The smallest absolute Gasteiger partial charge is 0.407 e. The normalized spacial score (nSPS) is 12.9. The molecule has 5 nitrogen and oxygen atoms in total. The van der Waals surface area contributed by atoms with Gasteiger partial charge in [-0.2, -0.15) is 0 Å². The first kappa shape index (κ1) is 17.2. The van der Waals surface area contributed by atoms with E-state index in [0.717, 1.165) is 6.07 Å². The Morgan fingerprint density at radius 3 is 2.62 bits per heavy atom. The zero-order valence-corrected chi connectivity index (χ0v) is 12.2. The summed E-state index contributed by atoms with van der Waals surface area (Å²) in [5.41, 5.74) is 5.18. The third kappa shape index (κ3) is 5.95. The van der Waals surface area contributed by atoms with Crippen molar-refractivity contribution in [3.63, 3.8) is 0 Å². The van der Waals surface area contributed by atoms with E-state index in [4.69, 9.17) is 10.5 Å². The number of phenolic OH excluding ortho intramolecular Hbond substituents is 1. The van der Waals surface area contributed by atoms with Crippen LogP contribution in [0.2, 0.25) is 0 Å². The van der Waals surface area contributed by atoms with Crippen molar-refractivity contribution in [3.05, 3.63) is 29.3 Å². The number of aromatic hydroxyl groups is 1. The number of amides is 1. The predicted molar refractivity (Wildman–Crippen MR) is 73.9 cm³/mol. The molecule has 1 amide bonds. The van der Waals surface area contributed by atoms with Crippen molar-refractivity contribution in [3.8, 4) is 5.75 Å². The van der Waals surface area contributed by atoms with Gasteiger partial charge in [-0.1, -0.05) is 0 Å². The quantitative estimate of drug-likeness (QED) is 0.795. The molecule has 21 heavy (non-hydrogen) atoms. The molecule has 1 unspecified atom stereocenters. The first-order valence-electron chi connectivity index (χ1n) is 6.48. The Morgan fingerprint density at radius 1 is 1.43 bits per heavy atom. The van der Waals surface area contributed by atoms with E-state index in [9.17, 15) is 18.7 Å². The van der Waals surface area contributed by atoms with Crippen molar-refractivity contribution in [2.24, 2.45) is 5.73 Å². The number of rotatable bonds is 4. The number of ether oxygens (including phenoxy) is 1. The number of halogens is 2. The Labute approximate surface area is 122 Å². The first-order chi connectivity index (χ1) is 9.58. The van der Waals surface area contributed by atoms with E-state index in [2.05, 4.69) is 5.32 Å². The zero-order valence-electron chi connectivity index (χ0n) is 12.2. The fourth-order valence-corrected chi connectivity index (χ4v) is 1.66. The molecule has 0 saturated heterocycles. The fourth-order valence-electron chi connectivity index (χ4n) is 1.66. The largest absolute Gasteiger partial charge is 0.505 e. The molecule has 0 spiro atoms. The number of carbonyl (C=O) groups excluding carboxylic acids is 1. The van der Waals surface area contributed by atoms with Crippen LogP contribution in [0.15, 0.2) is 12.1 Å². The summed E-state index contributed by atoms with van der Waals surface area (Å²) in [6.45, 7) is 5.21. The van der Waals surface area contributed by atoms with Gasteiger partial charge in [-0.25, -0.2) is 13.6 Å². The van der Waals surface area contributed by atoms with E-state index in [0.29, 0.717) is 6.07 Å². The van der Waals surface area contributed by atoms with Crippen LogP contribution in [0.5, 0.6) is 5.75 Å². The molecule has 0 bridgehead atoms. The van der Waals surface area contributed by atoms with E-state index in [1.165, 1.54) is 0 Å². The lowest BCUT2D eigenvalue weighted by Crippen LogP contribution is -2.41. The summed E-state index contributed by atoms with van der Waals surface area (Å²) in [5.74, 6) is -2.48. The fraction of sp³-hybridized carbons (Fsp3) is 0.500. The lowest BCUT2D eigenvalue weighted by molar-refractivity contribution is 0.0524. The van der Waals surface area contributed by atoms with E-state index >= 15 is 0 Å². The number of benzene rings is 1. The van der Waals surface area contributed by atoms with Crippen LogP contribution in [0.4, 0.5) is 13.6 Å². The topological polar surface area (TPSA) is 84.6 Å². The van der Waals surface area contributed by atoms with Crippen molar-refractivity contribution < 1.29 is 23.4 Å². The lowest BCUT2D eigenvalue weighted by Gasteiger charge is -2.21. The third-order valence-corrected chi connectivity index (χ3v) is 2.50. The maximum Gasteiger partial charge on any atom is 0.407 e. The minimum atomic E-state index is -1.04. The number of nitrogens with one attached hydrogen (secondary N) is 1. The summed E-state index contributed by atoms with van der Waals surface area (Å²) < 4.78 is 31.3. The van der Waals surface area contributed by atoms with Gasteiger partial charge in [0.25, 0.3) is 0 Å². The zero-order chi connectivity index (χ0) is 16.2. The standard InChI is InChI=1S/C14H20F2N2O3/c1-14(2,3)21-13(20)18-7-10(17)5-8-4-9(15)6-11(16)12(8)19/h4,6,10,19H,5,7,17H2,1-3H3,(H,18,20). The van der Waals surface area contributed by atoms with Crippen molar-refractivity contribution in [1.29, 1.82) is 0 Å². The Bertz CT molecular complexity index is 516. The molecule has 0 aromatic heterocycles. The Morgan fingerprint density at radius 2 is 2.05 bits per heavy atom. The molecular formula is C14H20F2N2O3. The predicted octanol–water partition coefficient (Wildman–Crippen LogP) is 2.06. The van der Waals surface area contributed by atoms with Gasteiger partial charge in [-0.15, -0.1) is 0 Å². The number of hydrogen-bond acceptors (Lipinski definition) is 4. The van der Waals surface area contributed by atoms with Crippen LogP contribution in [0.25, 0.3) is 0 Å². The number of hydrogen-bond donors (Lipinski definition) is 3. The molecular weight excluding hydrogens is 282 g/mol. The van der Waals surface area contributed by atoms with Gasteiger partial charge in [-0.05, 0) is 33.3 Å². The minimum Gasteiger partial charge on any atom is -0.505 e. The highest BCUT2D eigenvalue weighted by atomic mass is 19.1. The molecule has 0 fully saturated rings. The molecule has 1 aromatic rings. The Hall–Kier alpha value is -1.89. The van der Waals surface area contributed by atoms with Crippen molar-refractivity contribution in [2.75, 3.05) is 6.54 Å². The van der Waals surface area contributed by atoms with Crippen LogP contribution in [-0.4, -0.2) is 29.4 Å². The van der Waals surface area contributed by atoms with Crippen LogP contribution in [0.1, 0.15) is 26.3 Å². The molecule has 1 aromatic carbocycles. The summed E-state index contributed by atoms with van der Waals surface area (Å²) in [7, 11) is 0. The van der Waals surface area contributed by atoms with Gasteiger partial charge in [0.05, 0.1) is 0 Å². The lowest BCUT2D eigenvalue weighted by atomic mass is 10.0. The molecule has 4 N–H and O–H groups in total. The summed E-state index contributed by atoms with van der Waals surface area (Å²) >= 11 is 0. The maximum absolute atomic E-state index is 13.2. The number of phenols is 1. The van der Waals surface area contributed by atoms with Gasteiger partial charge in [0.2, 0.25) is 0 Å². The molecule has 1 atom stereocenters. The minimum absolute atomic E-state index is 0.0102. The monoisotopic (exact) mass is 302 g/mol. The summed E-state index contributed by atoms with van der Waals surface area (Å²) in [6.07, 6.45) is -0.622. The second-order valence-corrected chi connectivity index (χ2v) is 5.74. The molecule has 0 saturated carbocycles. The second kappa shape index (κ2) is 6.71. The van der Waals surface area contributed by atoms with Gasteiger partial charge in [0, 0.05) is 24.2 Å². The van der Waals surface area contributed by atoms with Gasteiger partial charge in [-0.3, -0.25) is 0 Å². The average Bonchev–Trinajstić information content (AvgIpc) is 2.30. The van der Waals surface area contributed by atoms with Crippen LogP contribution in [-0.2, 0) is 11.2 Å². The average molecular weight is 302 g/mol. The van der Waals surface area contributed by atoms with Gasteiger partial charge < -0.3 is 20.9 Å². The van der Waals surface area contributed by atoms with Gasteiger partial charge >= 0.3 is 6.09 Å². The Kier molecular flexibility index (Phi) is 5.48. The third-order valence-electron chi connectivity index (χ3n) is 2.50. The molecule has 0 aliphatic carbocycles. The number of nitrogens with two attached hydrogens (primary N) is 1. The molecule has 0 heterocycles. The van der Waals surface area contributed by atoms with E-state index < -0.39 is 35.1 Å². The summed E-state index contributed by atoms with van der Waals surface area (Å²) in [6, 6.07) is 0.972. The Balaban J connectivity index is 2.55. The first-order valence-corrected chi connectivity index (χ1v) is 6.48. The van der Waals surface area contributed by atoms with Crippen LogP contribution >= 0.6 is 0 Å². The van der Waals surface area contributed by atoms with Crippen LogP contribution < -0.4 is 11.1 Å². The molecule has 0 aliphatic rings. The number of carbonyl (C=O) groups is 1.